The molecule has 0 aromatic carbocycles. The Balaban J connectivity index is 1.94. The molecule has 2 heterocycles. The Labute approximate surface area is 120 Å². The fourth-order valence-electron chi connectivity index (χ4n) is 1.68. The normalized spacial score (nSPS) is 12.3. The minimum absolute atomic E-state index is 0.0529. The van der Waals surface area contributed by atoms with E-state index in [0.717, 1.165) is 10.6 Å². The van der Waals surface area contributed by atoms with Crippen molar-refractivity contribution in [3.63, 3.8) is 0 Å². The second-order valence-corrected chi connectivity index (χ2v) is 5.13. The lowest BCUT2D eigenvalue weighted by atomic mass is 10.2. The molecule has 8 heteroatoms. The van der Waals surface area contributed by atoms with Gasteiger partial charge in [0.05, 0.1) is 42.4 Å². The van der Waals surface area contributed by atoms with Gasteiger partial charge in [-0.25, -0.2) is 4.68 Å². The number of nitrogens with zero attached hydrogens (tertiary/aromatic N) is 4. The fraction of sp³-hybridized carbons (Fsp3) is 0.500. The molecule has 0 fully saturated rings. The maximum Gasteiger partial charge on any atom is 0.308 e. The first-order valence-corrected chi connectivity index (χ1v) is 7.03. The van der Waals surface area contributed by atoms with Gasteiger partial charge in [-0.2, -0.15) is 4.37 Å². The van der Waals surface area contributed by atoms with Gasteiger partial charge < -0.3 is 9.84 Å². The van der Waals surface area contributed by atoms with E-state index in [1.165, 1.54) is 16.2 Å². The lowest BCUT2D eigenvalue weighted by molar-refractivity contribution is -0.145. The first kappa shape index (κ1) is 14.6. The minimum atomic E-state index is -0.841. The molecule has 0 aliphatic carbocycles. The van der Waals surface area contributed by atoms with Gasteiger partial charge >= 0.3 is 5.97 Å². The maximum atomic E-state index is 11.2. The number of rotatable bonds is 6. The van der Waals surface area contributed by atoms with E-state index in [0.29, 0.717) is 12.3 Å². The average molecular weight is 296 g/mol. The highest BCUT2D eigenvalue weighted by molar-refractivity contribution is 7.09. The Morgan fingerprint density at radius 1 is 1.60 bits per heavy atom. The van der Waals surface area contributed by atoms with Crippen molar-refractivity contribution >= 4 is 17.5 Å². The van der Waals surface area contributed by atoms with Gasteiger partial charge in [-0.3, -0.25) is 4.79 Å². The van der Waals surface area contributed by atoms with Gasteiger partial charge in [0.2, 0.25) is 0 Å². The monoisotopic (exact) mass is 296 g/mol. The molecule has 0 saturated heterocycles. The summed E-state index contributed by atoms with van der Waals surface area (Å²) in [6.07, 6.45) is 0.830. The molecule has 2 aromatic heterocycles. The largest absolute Gasteiger partial charge is 0.466 e. The second-order valence-electron chi connectivity index (χ2n) is 4.32. The average Bonchev–Trinajstić information content (AvgIpc) is 2.98. The van der Waals surface area contributed by atoms with E-state index >= 15 is 0 Å². The van der Waals surface area contributed by atoms with Crippen LogP contribution in [0.15, 0.2) is 12.3 Å². The van der Waals surface area contributed by atoms with Gasteiger partial charge in [-0.05, 0) is 31.4 Å². The minimum Gasteiger partial charge on any atom is -0.466 e. The number of carbonyl (C=O) groups excluding carboxylic acids is 1. The van der Waals surface area contributed by atoms with Crippen LogP contribution in [0.1, 0.15) is 19.0 Å². The van der Waals surface area contributed by atoms with Crippen molar-refractivity contribution in [1.29, 1.82) is 0 Å². The Hall–Kier alpha value is -1.80. The molecule has 0 saturated carbocycles. The van der Waals surface area contributed by atoms with Crippen molar-refractivity contribution in [2.45, 2.75) is 32.9 Å². The molecule has 1 atom stereocenters. The highest BCUT2D eigenvalue weighted by Gasteiger charge is 2.14. The lowest BCUT2D eigenvalue weighted by Crippen LogP contribution is -2.21. The highest BCUT2D eigenvalue weighted by Crippen LogP contribution is 2.21. The topological polar surface area (TPSA) is 90.1 Å². The van der Waals surface area contributed by atoms with Crippen molar-refractivity contribution in [2.75, 3.05) is 6.61 Å². The van der Waals surface area contributed by atoms with E-state index in [1.807, 2.05) is 13.0 Å². The van der Waals surface area contributed by atoms with Gasteiger partial charge in [0.1, 0.15) is 5.69 Å². The number of aromatic nitrogens is 4. The summed E-state index contributed by atoms with van der Waals surface area (Å²) in [6, 6.07) is 1.92. The summed E-state index contributed by atoms with van der Waals surface area (Å²) < 4.78 is 10.5. The summed E-state index contributed by atoms with van der Waals surface area (Å²) in [4.78, 5) is 12.2. The van der Waals surface area contributed by atoms with E-state index in [4.69, 9.17) is 4.74 Å². The summed E-state index contributed by atoms with van der Waals surface area (Å²) >= 11 is 1.35. The summed E-state index contributed by atoms with van der Waals surface area (Å²) in [6.45, 7) is 4.14. The van der Waals surface area contributed by atoms with Crippen LogP contribution in [0.25, 0.3) is 10.6 Å². The predicted octanol–water partition coefficient (Wildman–Crippen LogP) is 1.02. The summed E-state index contributed by atoms with van der Waals surface area (Å²) in [5.41, 5.74) is 1.64. The van der Waals surface area contributed by atoms with Crippen LogP contribution in [0.3, 0.4) is 0 Å². The molecule has 7 nitrogen and oxygen atoms in total. The zero-order valence-corrected chi connectivity index (χ0v) is 12.1. The first-order chi connectivity index (χ1) is 9.58. The molecule has 2 aromatic rings. The van der Waals surface area contributed by atoms with Gasteiger partial charge in [0, 0.05) is 0 Å². The van der Waals surface area contributed by atoms with Crippen LogP contribution in [0.2, 0.25) is 0 Å². The third-order valence-electron chi connectivity index (χ3n) is 2.52. The Morgan fingerprint density at radius 2 is 2.40 bits per heavy atom. The van der Waals surface area contributed by atoms with E-state index in [2.05, 4.69) is 14.7 Å². The van der Waals surface area contributed by atoms with Crippen molar-refractivity contribution in [1.82, 2.24) is 19.4 Å². The molecule has 0 aliphatic rings. The third-order valence-corrected chi connectivity index (χ3v) is 3.43. The van der Waals surface area contributed by atoms with Crippen molar-refractivity contribution in [2.24, 2.45) is 0 Å². The van der Waals surface area contributed by atoms with E-state index in [-0.39, 0.29) is 13.0 Å². The number of ether oxygens (including phenoxy) is 1. The molecular formula is C12H16N4O3S. The summed E-state index contributed by atoms with van der Waals surface area (Å²) in [5.74, 6) is -0.418. The van der Waals surface area contributed by atoms with Crippen LogP contribution in [-0.4, -0.2) is 43.2 Å². The van der Waals surface area contributed by atoms with Crippen LogP contribution in [-0.2, 0) is 16.1 Å². The molecule has 0 unspecified atom stereocenters. The fourth-order valence-corrected chi connectivity index (χ4v) is 2.38. The number of hydrogen-bond donors (Lipinski definition) is 1. The van der Waals surface area contributed by atoms with Crippen molar-refractivity contribution in [3.05, 3.63) is 18.0 Å². The number of hydrogen-bond acceptors (Lipinski definition) is 7. The third kappa shape index (κ3) is 3.84. The molecule has 1 N–H and O–H groups in total. The Bertz CT molecular complexity index is 581. The van der Waals surface area contributed by atoms with Crippen LogP contribution in [0.4, 0.5) is 0 Å². The molecule has 108 valence electrons. The number of aryl methyl sites for hydroxylation is 1. The Morgan fingerprint density at radius 3 is 3.05 bits per heavy atom. The Kier molecular flexibility index (Phi) is 4.80. The molecule has 2 rings (SSSR count). The van der Waals surface area contributed by atoms with Crippen LogP contribution in [0, 0.1) is 6.92 Å². The smallest absolute Gasteiger partial charge is 0.308 e. The van der Waals surface area contributed by atoms with E-state index in [9.17, 15) is 9.90 Å². The quantitative estimate of drug-likeness (QED) is 0.801. The molecule has 20 heavy (non-hydrogen) atoms. The molecule has 0 spiro atoms. The number of carbonyl (C=O) groups is 1. The van der Waals surface area contributed by atoms with Crippen LogP contribution in [0.5, 0.6) is 0 Å². The SMILES string of the molecule is CCOC(=O)C[C@@H](O)Cn1cc(-c2cc(C)ns2)nn1. The van der Waals surface area contributed by atoms with E-state index in [1.54, 1.807) is 13.1 Å². The van der Waals surface area contributed by atoms with Crippen LogP contribution >= 0.6 is 11.5 Å². The van der Waals surface area contributed by atoms with Gasteiger partial charge in [-0.15, -0.1) is 5.10 Å². The van der Waals surface area contributed by atoms with Crippen molar-refractivity contribution < 1.29 is 14.6 Å². The summed E-state index contributed by atoms with van der Waals surface area (Å²) in [5, 5.41) is 17.7. The number of aliphatic hydroxyl groups excluding tert-OH is 1. The second kappa shape index (κ2) is 6.58. The maximum absolute atomic E-state index is 11.2. The zero-order chi connectivity index (χ0) is 14.5. The summed E-state index contributed by atoms with van der Waals surface area (Å²) in [7, 11) is 0. The molecule has 0 bridgehead atoms. The lowest BCUT2D eigenvalue weighted by Gasteiger charge is -2.08. The predicted molar refractivity (Wildman–Crippen MR) is 73.1 cm³/mol. The highest BCUT2D eigenvalue weighted by atomic mass is 32.1. The zero-order valence-electron chi connectivity index (χ0n) is 11.3. The molecule has 0 amide bonds. The number of aliphatic hydroxyl groups is 1. The van der Waals surface area contributed by atoms with Gasteiger partial charge in [-0.1, -0.05) is 5.21 Å². The first-order valence-electron chi connectivity index (χ1n) is 6.26. The molecule has 0 aliphatic heterocycles. The van der Waals surface area contributed by atoms with Crippen molar-refractivity contribution in [3.8, 4) is 10.6 Å². The molecular weight excluding hydrogens is 280 g/mol. The van der Waals surface area contributed by atoms with Crippen LogP contribution < -0.4 is 0 Å². The standard InChI is InChI=1S/C12H16N4O3S/c1-3-19-12(18)5-9(17)6-16-7-10(13-15-16)11-4-8(2)14-20-11/h4,7,9,17H,3,5-6H2,1-2H3/t9-/m1/s1. The number of esters is 1. The van der Waals surface area contributed by atoms with Gasteiger partial charge in [0.25, 0.3) is 0 Å². The van der Waals surface area contributed by atoms with E-state index < -0.39 is 12.1 Å². The molecule has 0 radical (unpaired) electrons. The van der Waals surface area contributed by atoms with Gasteiger partial charge in [0.15, 0.2) is 0 Å².